The lowest BCUT2D eigenvalue weighted by Gasteiger charge is -2.30. The maximum Gasteiger partial charge on any atom is 0.321 e. The number of nitriles is 1. The van der Waals surface area contributed by atoms with E-state index < -0.39 is 35.6 Å². The molecule has 2 aromatic rings. The SMILES string of the molecule is CCOC(=O)C(C(=O)OCC)C(c1ccccc1)C(C#N)C(=O)N(C)c1ccccc1. The molecule has 2 rings (SSSR count). The summed E-state index contributed by atoms with van der Waals surface area (Å²) in [6.07, 6.45) is 0. The van der Waals surface area contributed by atoms with Gasteiger partial charge >= 0.3 is 11.9 Å². The van der Waals surface area contributed by atoms with E-state index in [1.165, 1.54) is 4.90 Å². The largest absolute Gasteiger partial charge is 0.465 e. The van der Waals surface area contributed by atoms with E-state index in [4.69, 9.17) is 9.47 Å². The van der Waals surface area contributed by atoms with Crippen LogP contribution in [0.3, 0.4) is 0 Å². The van der Waals surface area contributed by atoms with Crippen LogP contribution in [0.1, 0.15) is 25.3 Å². The van der Waals surface area contributed by atoms with E-state index in [9.17, 15) is 19.6 Å². The minimum atomic E-state index is -1.46. The van der Waals surface area contributed by atoms with Crippen molar-refractivity contribution >= 4 is 23.5 Å². The number of anilines is 1. The van der Waals surface area contributed by atoms with Crippen molar-refractivity contribution in [3.63, 3.8) is 0 Å². The van der Waals surface area contributed by atoms with Gasteiger partial charge in [-0.1, -0.05) is 48.5 Å². The maximum atomic E-state index is 13.4. The Labute approximate surface area is 182 Å². The van der Waals surface area contributed by atoms with Crippen molar-refractivity contribution in [1.29, 1.82) is 5.26 Å². The zero-order valence-electron chi connectivity index (χ0n) is 17.9. The van der Waals surface area contributed by atoms with Crippen molar-refractivity contribution in [2.45, 2.75) is 19.8 Å². The lowest BCUT2D eigenvalue weighted by Crippen LogP contribution is -2.42. The molecule has 0 aliphatic carbocycles. The summed E-state index contributed by atoms with van der Waals surface area (Å²) < 4.78 is 10.2. The number of carbonyl (C=O) groups is 3. The van der Waals surface area contributed by atoms with Crippen LogP contribution in [0.25, 0.3) is 0 Å². The second-order valence-electron chi connectivity index (χ2n) is 6.76. The fourth-order valence-electron chi connectivity index (χ4n) is 3.38. The Morgan fingerprint density at radius 2 is 1.39 bits per heavy atom. The van der Waals surface area contributed by atoms with E-state index in [-0.39, 0.29) is 13.2 Å². The number of carbonyl (C=O) groups excluding carboxylic acids is 3. The first-order valence-electron chi connectivity index (χ1n) is 10.1. The van der Waals surface area contributed by atoms with Crippen molar-refractivity contribution in [2.24, 2.45) is 11.8 Å². The van der Waals surface area contributed by atoms with Crippen LogP contribution in [-0.4, -0.2) is 38.1 Å². The molecular weight excluding hydrogens is 396 g/mol. The molecule has 162 valence electrons. The number of nitrogens with zero attached hydrogens (tertiary/aromatic N) is 2. The number of hydrogen-bond acceptors (Lipinski definition) is 6. The molecule has 0 aromatic heterocycles. The molecule has 7 nitrogen and oxygen atoms in total. The number of hydrogen-bond donors (Lipinski definition) is 0. The number of benzene rings is 2. The standard InChI is InChI=1S/C24H26N2O5/c1-4-30-23(28)21(24(29)31-5-2)20(17-12-8-6-9-13-17)19(16-25)22(27)26(3)18-14-10-7-11-15-18/h6-15,19-21H,4-5H2,1-3H3. The van der Waals surface area contributed by atoms with E-state index in [1.54, 1.807) is 75.5 Å². The van der Waals surface area contributed by atoms with Crippen molar-refractivity contribution in [3.8, 4) is 6.07 Å². The number of rotatable bonds is 9. The van der Waals surface area contributed by atoms with Crippen molar-refractivity contribution in [3.05, 3.63) is 66.2 Å². The third-order valence-corrected chi connectivity index (χ3v) is 4.86. The third kappa shape index (κ3) is 5.70. The lowest BCUT2D eigenvalue weighted by molar-refractivity contribution is -0.163. The number of esters is 2. The maximum absolute atomic E-state index is 13.4. The van der Waals surface area contributed by atoms with Gasteiger partial charge in [-0.3, -0.25) is 14.4 Å². The van der Waals surface area contributed by atoms with Gasteiger partial charge in [-0.25, -0.2) is 0 Å². The van der Waals surface area contributed by atoms with Crippen LogP contribution >= 0.6 is 0 Å². The molecule has 0 aliphatic rings. The number of para-hydroxylation sites is 1. The van der Waals surface area contributed by atoms with Crippen LogP contribution in [-0.2, 0) is 23.9 Å². The molecule has 0 fully saturated rings. The van der Waals surface area contributed by atoms with E-state index in [2.05, 4.69) is 0 Å². The van der Waals surface area contributed by atoms with Crippen LogP contribution in [0.2, 0.25) is 0 Å². The van der Waals surface area contributed by atoms with E-state index in [0.717, 1.165) is 0 Å². The summed E-state index contributed by atoms with van der Waals surface area (Å²) in [5, 5.41) is 9.99. The molecule has 0 radical (unpaired) electrons. The second kappa shape index (κ2) is 11.5. The van der Waals surface area contributed by atoms with Crippen LogP contribution in [0.4, 0.5) is 5.69 Å². The lowest BCUT2D eigenvalue weighted by atomic mass is 9.76. The molecule has 0 N–H and O–H groups in total. The summed E-state index contributed by atoms with van der Waals surface area (Å²) in [6.45, 7) is 3.33. The van der Waals surface area contributed by atoms with Crippen molar-refractivity contribution in [2.75, 3.05) is 25.2 Å². The van der Waals surface area contributed by atoms with Crippen LogP contribution in [0.15, 0.2) is 60.7 Å². The summed E-state index contributed by atoms with van der Waals surface area (Å²) in [5.74, 6) is -6.06. The van der Waals surface area contributed by atoms with Gasteiger partial charge in [0.1, 0.15) is 5.92 Å². The van der Waals surface area contributed by atoms with Gasteiger partial charge in [0, 0.05) is 18.7 Å². The highest BCUT2D eigenvalue weighted by Crippen LogP contribution is 2.36. The van der Waals surface area contributed by atoms with Gasteiger partial charge in [-0.2, -0.15) is 5.26 Å². The van der Waals surface area contributed by atoms with E-state index in [0.29, 0.717) is 11.3 Å². The fraction of sp³-hybridized carbons (Fsp3) is 0.333. The Morgan fingerprint density at radius 1 is 0.903 bits per heavy atom. The van der Waals surface area contributed by atoms with Crippen LogP contribution in [0, 0.1) is 23.2 Å². The summed E-state index contributed by atoms with van der Waals surface area (Å²) >= 11 is 0. The zero-order valence-corrected chi connectivity index (χ0v) is 17.9. The summed E-state index contributed by atoms with van der Waals surface area (Å²) in [4.78, 5) is 40.3. The van der Waals surface area contributed by atoms with Crippen molar-refractivity contribution in [1.82, 2.24) is 0 Å². The molecule has 0 spiro atoms. The van der Waals surface area contributed by atoms with Crippen LogP contribution in [0.5, 0.6) is 0 Å². The minimum absolute atomic E-state index is 0.0470. The molecule has 2 aromatic carbocycles. The predicted molar refractivity (Wildman–Crippen MR) is 115 cm³/mol. The Kier molecular flexibility index (Phi) is 8.77. The topological polar surface area (TPSA) is 96.7 Å². The van der Waals surface area contributed by atoms with Gasteiger partial charge in [0.2, 0.25) is 5.91 Å². The van der Waals surface area contributed by atoms with Gasteiger partial charge in [-0.05, 0) is 31.5 Å². The zero-order chi connectivity index (χ0) is 22.8. The predicted octanol–water partition coefficient (Wildman–Crippen LogP) is 3.32. The minimum Gasteiger partial charge on any atom is -0.465 e. The summed E-state index contributed by atoms with van der Waals surface area (Å²) in [7, 11) is 1.55. The van der Waals surface area contributed by atoms with Gasteiger partial charge in [0.25, 0.3) is 0 Å². The Balaban J connectivity index is 2.57. The third-order valence-electron chi connectivity index (χ3n) is 4.86. The first-order chi connectivity index (χ1) is 15.0. The monoisotopic (exact) mass is 422 g/mol. The molecular formula is C24H26N2O5. The number of amides is 1. The molecule has 0 saturated heterocycles. The van der Waals surface area contributed by atoms with Crippen molar-refractivity contribution < 1.29 is 23.9 Å². The van der Waals surface area contributed by atoms with Crippen LogP contribution < -0.4 is 4.90 Å². The first kappa shape index (κ1) is 23.6. The van der Waals surface area contributed by atoms with Gasteiger partial charge < -0.3 is 14.4 Å². The van der Waals surface area contributed by atoms with Gasteiger partial charge in [0.15, 0.2) is 5.92 Å². The molecule has 0 heterocycles. The molecule has 0 bridgehead atoms. The quantitative estimate of drug-likeness (QED) is 0.454. The summed E-state index contributed by atoms with van der Waals surface area (Å²) in [6, 6.07) is 19.4. The smallest absolute Gasteiger partial charge is 0.321 e. The highest BCUT2D eigenvalue weighted by atomic mass is 16.6. The molecule has 0 aliphatic heterocycles. The Bertz CT molecular complexity index is 906. The molecule has 1 amide bonds. The highest BCUT2D eigenvalue weighted by Gasteiger charge is 2.46. The van der Waals surface area contributed by atoms with E-state index in [1.807, 2.05) is 12.1 Å². The molecule has 0 saturated carbocycles. The molecule has 2 unspecified atom stereocenters. The second-order valence-corrected chi connectivity index (χ2v) is 6.76. The fourth-order valence-corrected chi connectivity index (χ4v) is 3.38. The van der Waals surface area contributed by atoms with Gasteiger partial charge in [-0.15, -0.1) is 0 Å². The molecule has 31 heavy (non-hydrogen) atoms. The number of ether oxygens (including phenoxy) is 2. The first-order valence-corrected chi connectivity index (χ1v) is 10.1. The van der Waals surface area contributed by atoms with E-state index >= 15 is 0 Å². The summed E-state index contributed by atoms with van der Waals surface area (Å²) in [5.41, 5.74) is 1.08. The normalized spacial score (nSPS) is 12.4. The molecule has 2 atom stereocenters. The van der Waals surface area contributed by atoms with Gasteiger partial charge in [0.05, 0.1) is 19.3 Å². The Hall–Kier alpha value is -3.66. The Morgan fingerprint density at radius 3 is 1.84 bits per heavy atom. The molecule has 7 heteroatoms. The highest BCUT2D eigenvalue weighted by molar-refractivity contribution is 6.00. The average molecular weight is 422 g/mol. The average Bonchev–Trinajstić information content (AvgIpc) is 2.79.